The Labute approximate surface area is 61.7 Å². The van der Waals surface area contributed by atoms with Crippen LogP contribution in [0.5, 0.6) is 0 Å². The van der Waals surface area contributed by atoms with Gasteiger partial charge in [0, 0.05) is 12.8 Å². The molecular formula is C5H13NO3S. The molecule has 0 radical (unpaired) electrons. The van der Waals surface area contributed by atoms with E-state index in [1.807, 2.05) is 0 Å². The molecule has 0 spiro atoms. The topological polar surface area (TPSA) is 66.7 Å². The van der Waals surface area contributed by atoms with E-state index in [0.29, 0.717) is 5.71 Å². The van der Waals surface area contributed by atoms with Gasteiger partial charge in [-0.25, -0.2) is 8.42 Å². The van der Waals surface area contributed by atoms with Gasteiger partial charge in [0.05, 0.1) is 6.26 Å². The predicted octanol–water partition coefficient (Wildman–Crippen LogP) is 0.0353. The van der Waals surface area contributed by atoms with Crippen LogP contribution in [0.25, 0.3) is 0 Å². The van der Waals surface area contributed by atoms with Crippen molar-refractivity contribution in [2.45, 2.75) is 13.8 Å². The predicted molar refractivity (Wildman–Crippen MR) is 41.8 cm³/mol. The summed E-state index contributed by atoms with van der Waals surface area (Å²) in [5, 5.41) is 7.00. The summed E-state index contributed by atoms with van der Waals surface area (Å²) >= 11 is 0. The molecule has 0 aliphatic rings. The molecule has 0 unspecified atom stereocenters. The third kappa shape index (κ3) is 15.6. The van der Waals surface area contributed by atoms with Gasteiger partial charge in [-0.15, -0.1) is 0 Å². The van der Waals surface area contributed by atoms with Gasteiger partial charge in [0.2, 0.25) is 10.0 Å². The molecule has 10 heavy (non-hydrogen) atoms. The minimum atomic E-state index is -3.14. The Morgan fingerprint density at radius 2 is 1.60 bits per heavy atom. The summed E-state index contributed by atoms with van der Waals surface area (Å²) in [6.07, 6.45) is 1.07. The molecule has 0 aliphatic carbocycles. The summed E-state index contributed by atoms with van der Waals surface area (Å²) < 4.78 is 23.8. The lowest BCUT2D eigenvalue weighted by molar-refractivity contribution is 0.399. The Morgan fingerprint density at radius 3 is 1.60 bits per heavy atom. The molecule has 0 saturated heterocycles. The van der Waals surface area contributed by atoms with E-state index in [-0.39, 0.29) is 0 Å². The van der Waals surface area contributed by atoms with E-state index in [4.69, 9.17) is 5.11 Å². The molecule has 1 N–H and O–H groups in total. The molecule has 5 heteroatoms. The Morgan fingerprint density at radius 1 is 1.30 bits per heavy atom. The molecule has 4 nitrogen and oxygen atoms in total. The first-order valence-electron chi connectivity index (χ1n) is 2.59. The molecule has 0 saturated carbocycles. The molecule has 0 atom stereocenters. The van der Waals surface area contributed by atoms with Crippen LogP contribution in [0.2, 0.25) is 0 Å². The lowest BCUT2D eigenvalue weighted by atomic mass is 10.5. The van der Waals surface area contributed by atoms with Crippen molar-refractivity contribution in [3.05, 3.63) is 0 Å². The molecule has 0 heterocycles. The van der Waals surface area contributed by atoms with E-state index in [2.05, 4.69) is 4.40 Å². The maximum atomic E-state index is 10.3. The first-order valence-corrected chi connectivity index (χ1v) is 4.44. The van der Waals surface area contributed by atoms with Crippen LogP contribution in [0.3, 0.4) is 0 Å². The van der Waals surface area contributed by atoms with E-state index in [9.17, 15) is 8.42 Å². The summed E-state index contributed by atoms with van der Waals surface area (Å²) in [7, 11) is -2.14. The van der Waals surface area contributed by atoms with Gasteiger partial charge in [-0.1, -0.05) is 0 Å². The minimum Gasteiger partial charge on any atom is -0.400 e. The third-order valence-electron chi connectivity index (χ3n) is 0.348. The van der Waals surface area contributed by atoms with E-state index in [1.54, 1.807) is 13.8 Å². The van der Waals surface area contributed by atoms with Crippen LogP contribution in [-0.2, 0) is 10.0 Å². The quantitative estimate of drug-likeness (QED) is 0.560. The van der Waals surface area contributed by atoms with Gasteiger partial charge in [-0.05, 0) is 13.8 Å². The smallest absolute Gasteiger partial charge is 0.250 e. The van der Waals surface area contributed by atoms with Crippen LogP contribution in [0.1, 0.15) is 13.8 Å². The van der Waals surface area contributed by atoms with Gasteiger partial charge >= 0.3 is 0 Å². The van der Waals surface area contributed by atoms with Gasteiger partial charge in [0.25, 0.3) is 0 Å². The highest BCUT2D eigenvalue weighted by atomic mass is 32.2. The van der Waals surface area contributed by atoms with Gasteiger partial charge in [0.15, 0.2) is 0 Å². The van der Waals surface area contributed by atoms with Crippen LogP contribution in [-0.4, -0.2) is 32.6 Å². The van der Waals surface area contributed by atoms with E-state index in [0.717, 1.165) is 13.4 Å². The summed E-state index contributed by atoms with van der Waals surface area (Å²) in [5.74, 6) is 0. The second kappa shape index (κ2) is 5.37. The van der Waals surface area contributed by atoms with Crippen LogP contribution >= 0.6 is 0 Å². The molecule has 0 bridgehead atoms. The van der Waals surface area contributed by atoms with Gasteiger partial charge in [-0.2, -0.15) is 4.40 Å². The van der Waals surface area contributed by atoms with Crippen LogP contribution in [0.4, 0.5) is 0 Å². The van der Waals surface area contributed by atoms with E-state index < -0.39 is 10.0 Å². The SMILES string of the molecule is CC(C)=NS(C)(=O)=O.CO. The molecule has 62 valence electrons. The summed E-state index contributed by atoms with van der Waals surface area (Å²) in [4.78, 5) is 0. The van der Waals surface area contributed by atoms with Crippen molar-refractivity contribution in [3.63, 3.8) is 0 Å². The zero-order valence-electron chi connectivity index (χ0n) is 6.62. The zero-order valence-corrected chi connectivity index (χ0v) is 7.44. The first-order chi connectivity index (χ1) is 4.42. The van der Waals surface area contributed by atoms with Crippen molar-refractivity contribution in [1.82, 2.24) is 0 Å². The Kier molecular flexibility index (Phi) is 6.59. The molecule has 0 fully saturated rings. The number of hydrogen-bond acceptors (Lipinski definition) is 3. The number of aliphatic hydroxyl groups is 1. The summed E-state index contributed by atoms with van der Waals surface area (Å²) in [5.41, 5.74) is 0.563. The molecule has 0 aromatic carbocycles. The third-order valence-corrected chi connectivity index (χ3v) is 1.05. The Balaban J connectivity index is 0. The fourth-order valence-electron chi connectivity index (χ4n) is 0.332. The fraction of sp³-hybridized carbons (Fsp3) is 0.800. The number of aliphatic hydroxyl groups excluding tert-OH is 1. The zero-order chi connectivity index (χ0) is 8.78. The fourth-order valence-corrected chi connectivity index (χ4v) is 0.995. The molecule has 0 aromatic rings. The average molecular weight is 167 g/mol. The van der Waals surface area contributed by atoms with Gasteiger partial charge in [0.1, 0.15) is 0 Å². The lowest BCUT2D eigenvalue weighted by Gasteiger charge is -1.85. The number of sulfonamides is 1. The van der Waals surface area contributed by atoms with Crippen molar-refractivity contribution in [3.8, 4) is 0 Å². The maximum absolute atomic E-state index is 10.3. The van der Waals surface area contributed by atoms with E-state index >= 15 is 0 Å². The highest BCUT2D eigenvalue weighted by Crippen LogP contribution is 1.84. The Hall–Kier alpha value is -0.420. The maximum Gasteiger partial charge on any atom is 0.250 e. The normalized spacial score (nSPS) is 9.30. The highest BCUT2D eigenvalue weighted by Gasteiger charge is 1.92. The van der Waals surface area contributed by atoms with Crippen molar-refractivity contribution in [2.24, 2.45) is 4.40 Å². The molecule has 0 amide bonds. The summed E-state index contributed by atoms with van der Waals surface area (Å²) in [6, 6.07) is 0. The lowest BCUT2D eigenvalue weighted by Crippen LogP contribution is -1.93. The molecular weight excluding hydrogens is 154 g/mol. The van der Waals surface area contributed by atoms with Crippen molar-refractivity contribution in [2.75, 3.05) is 13.4 Å². The average Bonchev–Trinajstić information content (AvgIpc) is 1.64. The Bertz CT molecular complexity index is 189. The van der Waals surface area contributed by atoms with Crippen LogP contribution < -0.4 is 0 Å². The minimum absolute atomic E-state index is 0.563. The van der Waals surface area contributed by atoms with Crippen LogP contribution in [0, 0.1) is 0 Å². The van der Waals surface area contributed by atoms with Crippen molar-refractivity contribution in [1.29, 1.82) is 0 Å². The standard InChI is InChI=1S/C4H9NO2S.CH4O/c1-4(2)5-8(3,6)7;1-2/h1-3H3;2H,1H3. The summed E-state index contributed by atoms with van der Waals surface area (Å²) in [6.45, 7) is 3.28. The number of nitrogens with zero attached hydrogens (tertiary/aromatic N) is 1. The monoisotopic (exact) mass is 167 g/mol. The molecule has 0 aliphatic heterocycles. The highest BCUT2D eigenvalue weighted by molar-refractivity contribution is 7.89. The molecule has 0 rings (SSSR count). The largest absolute Gasteiger partial charge is 0.400 e. The molecule has 0 aromatic heterocycles. The van der Waals surface area contributed by atoms with Gasteiger partial charge < -0.3 is 5.11 Å². The van der Waals surface area contributed by atoms with Crippen LogP contribution in [0.15, 0.2) is 4.40 Å². The first kappa shape index (κ1) is 12.3. The number of rotatable bonds is 1. The second-order valence-electron chi connectivity index (χ2n) is 1.77. The van der Waals surface area contributed by atoms with Crippen molar-refractivity contribution < 1.29 is 13.5 Å². The van der Waals surface area contributed by atoms with Crippen molar-refractivity contribution >= 4 is 15.7 Å². The van der Waals surface area contributed by atoms with E-state index in [1.165, 1.54) is 0 Å². The second-order valence-corrected chi connectivity index (χ2v) is 3.42. The van der Waals surface area contributed by atoms with Gasteiger partial charge in [-0.3, -0.25) is 0 Å². The number of hydrogen-bond donors (Lipinski definition) is 1.